The van der Waals surface area contributed by atoms with E-state index in [-0.39, 0.29) is 29.2 Å². The lowest BCUT2D eigenvalue weighted by Gasteiger charge is -2.60. The Bertz CT molecular complexity index is 521. The first-order valence-electron chi connectivity index (χ1n) is 9.69. The molecule has 0 spiro atoms. The number of piperidine rings is 1. The summed E-state index contributed by atoms with van der Waals surface area (Å²) in [7, 11) is 0. The highest BCUT2D eigenvalue weighted by Crippen LogP contribution is 2.51. The van der Waals surface area contributed by atoms with Gasteiger partial charge in [0.2, 0.25) is 11.8 Å². The molecule has 2 saturated heterocycles. The summed E-state index contributed by atoms with van der Waals surface area (Å²) in [5.41, 5.74) is 0.0311. The fourth-order valence-corrected chi connectivity index (χ4v) is 5.04. The van der Waals surface area contributed by atoms with Crippen molar-refractivity contribution < 1.29 is 14.3 Å². The van der Waals surface area contributed by atoms with Gasteiger partial charge < -0.3 is 15.0 Å². The second-order valence-corrected chi connectivity index (χ2v) is 8.78. The minimum atomic E-state index is 0.0311. The van der Waals surface area contributed by atoms with Crippen LogP contribution in [-0.2, 0) is 14.3 Å². The highest BCUT2D eigenvalue weighted by molar-refractivity contribution is 5.82. The van der Waals surface area contributed by atoms with Gasteiger partial charge in [-0.3, -0.25) is 9.59 Å². The van der Waals surface area contributed by atoms with E-state index in [1.54, 1.807) is 0 Å². The van der Waals surface area contributed by atoms with Gasteiger partial charge >= 0.3 is 0 Å². The van der Waals surface area contributed by atoms with Gasteiger partial charge in [0.1, 0.15) is 0 Å². The predicted octanol–water partition coefficient (Wildman–Crippen LogP) is 1.95. The molecule has 4 aliphatic rings. The number of rotatable bonds is 3. The molecule has 2 saturated carbocycles. The van der Waals surface area contributed by atoms with Crippen LogP contribution in [0.25, 0.3) is 0 Å². The lowest BCUT2D eigenvalue weighted by atomic mass is 9.55. The number of likely N-dealkylation sites (tertiary alicyclic amines) is 1. The van der Waals surface area contributed by atoms with Crippen molar-refractivity contribution in [3.05, 3.63) is 0 Å². The van der Waals surface area contributed by atoms with Gasteiger partial charge in [0.25, 0.3) is 0 Å². The molecule has 134 valence electrons. The van der Waals surface area contributed by atoms with E-state index in [0.29, 0.717) is 17.9 Å². The molecule has 24 heavy (non-hydrogen) atoms. The molecule has 3 atom stereocenters. The highest BCUT2D eigenvalue weighted by atomic mass is 16.5. The molecule has 4 rings (SSSR count). The molecule has 0 aromatic rings. The molecular weight excluding hydrogens is 304 g/mol. The molecule has 2 amide bonds. The Morgan fingerprint density at radius 2 is 1.75 bits per heavy atom. The number of fused-ring (bicyclic) bond motifs is 1. The average molecular weight is 334 g/mol. The van der Waals surface area contributed by atoms with E-state index in [0.717, 1.165) is 58.2 Å². The number of hydrogen-bond acceptors (Lipinski definition) is 3. The highest BCUT2D eigenvalue weighted by Gasteiger charge is 2.58. The maximum Gasteiger partial charge on any atom is 0.225 e. The van der Waals surface area contributed by atoms with E-state index >= 15 is 0 Å². The molecule has 2 heterocycles. The number of nitrogens with one attached hydrogen (secondary N) is 1. The molecule has 0 aromatic heterocycles. The Morgan fingerprint density at radius 1 is 1.04 bits per heavy atom. The van der Waals surface area contributed by atoms with Crippen LogP contribution in [0.3, 0.4) is 0 Å². The number of carbonyl (C=O) groups excluding carboxylic acids is 2. The number of hydrogen-bond donors (Lipinski definition) is 1. The smallest absolute Gasteiger partial charge is 0.225 e. The Morgan fingerprint density at radius 3 is 2.42 bits per heavy atom. The summed E-state index contributed by atoms with van der Waals surface area (Å²) in [5, 5.41) is 3.33. The Labute approximate surface area is 144 Å². The number of amides is 2. The Kier molecular flexibility index (Phi) is 4.10. The van der Waals surface area contributed by atoms with Crippen LogP contribution in [0.1, 0.15) is 52.4 Å². The molecule has 0 bridgehead atoms. The van der Waals surface area contributed by atoms with Gasteiger partial charge in [0.05, 0.1) is 6.10 Å². The molecular formula is C19H30N2O3. The van der Waals surface area contributed by atoms with Gasteiger partial charge in [-0.25, -0.2) is 0 Å². The van der Waals surface area contributed by atoms with Crippen LogP contribution in [0.15, 0.2) is 0 Å². The zero-order chi connectivity index (χ0) is 16.9. The zero-order valence-electron chi connectivity index (χ0n) is 14.9. The third kappa shape index (κ3) is 2.75. The normalized spacial score (nSPS) is 35.8. The summed E-state index contributed by atoms with van der Waals surface area (Å²) in [6.45, 7) is 6.77. The van der Waals surface area contributed by atoms with E-state index < -0.39 is 0 Å². The van der Waals surface area contributed by atoms with Crippen molar-refractivity contribution >= 4 is 11.8 Å². The maximum atomic E-state index is 12.7. The number of carbonyl (C=O) groups is 2. The van der Waals surface area contributed by atoms with Gasteiger partial charge in [0.15, 0.2) is 0 Å². The lowest BCUT2D eigenvalue weighted by molar-refractivity contribution is -0.194. The van der Waals surface area contributed by atoms with E-state index in [1.807, 2.05) is 4.90 Å². The molecule has 1 N–H and O–H groups in total. The first-order chi connectivity index (χ1) is 11.5. The van der Waals surface area contributed by atoms with E-state index in [1.165, 1.54) is 0 Å². The summed E-state index contributed by atoms with van der Waals surface area (Å²) in [5.74, 6) is 1.34. The van der Waals surface area contributed by atoms with Crippen molar-refractivity contribution in [1.29, 1.82) is 0 Å². The summed E-state index contributed by atoms with van der Waals surface area (Å²) < 4.78 is 5.92. The van der Waals surface area contributed by atoms with Crippen molar-refractivity contribution in [2.24, 2.45) is 23.2 Å². The fraction of sp³-hybridized carbons (Fsp3) is 0.895. The first-order valence-corrected chi connectivity index (χ1v) is 9.69. The van der Waals surface area contributed by atoms with E-state index in [4.69, 9.17) is 4.74 Å². The summed E-state index contributed by atoms with van der Waals surface area (Å²) in [6, 6.07) is 0.237. The monoisotopic (exact) mass is 334 g/mol. The molecule has 0 aromatic carbocycles. The van der Waals surface area contributed by atoms with Gasteiger partial charge in [-0.15, -0.1) is 0 Å². The van der Waals surface area contributed by atoms with Crippen LogP contribution in [0, 0.1) is 23.2 Å². The molecule has 5 heteroatoms. The SMILES string of the molecule is CC1(C)[C@H](NC(=O)C2CCN(C(=O)C3CC3)CC2)[C@H]2CCCO[C@H]21. The van der Waals surface area contributed by atoms with Crippen LogP contribution < -0.4 is 5.32 Å². The summed E-state index contributed by atoms with van der Waals surface area (Å²) >= 11 is 0. The van der Waals surface area contributed by atoms with Crippen LogP contribution >= 0.6 is 0 Å². The molecule has 4 fully saturated rings. The molecule has 5 nitrogen and oxygen atoms in total. The standard InChI is InChI=1S/C19H30N2O3/c1-19(2)15(14-4-3-11-24-16(14)19)20-17(22)12-7-9-21(10-8-12)18(23)13-5-6-13/h12-16H,3-11H2,1-2H3,(H,20,22)/t14-,15-,16-/m1/s1. The summed E-state index contributed by atoms with van der Waals surface area (Å²) in [6.07, 6.45) is 6.29. The van der Waals surface area contributed by atoms with Crippen molar-refractivity contribution in [3.8, 4) is 0 Å². The van der Waals surface area contributed by atoms with Crippen LogP contribution in [0.2, 0.25) is 0 Å². The van der Waals surface area contributed by atoms with Crippen molar-refractivity contribution in [2.45, 2.75) is 64.5 Å². The second kappa shape index (κ2) is 6.01. The Hall–Kier alpha value is -1.10. The van der Waals surface area contributed by atoms with Crippen LogP contribution in [-0.4, -0.2) is 48.6 Å². The minimum Gasteiger partial charge on any atom is -0.377 e. The van der Waals surface area contributed by atoms with E-state index in [9.17, 15) is 9.59 Å². The van der Waals surface area contributed by atoms with Crippen LogP contribution in [0.5, 0.6) is 0 Å². The van der Waals surface area contributed by atoms with Crippen LogP contribution in [0.4, 0.5) is 0 Å². The molecule has 0 radical (unpaired) electrons. The predicted molar refractivity (Wildman–Crippen MR) is 90.2 cm³/mol. The molecule has 0 unspecified atom stereocenters. The first kappa shape index (κ1) is 16.4. The van der Waals surface area contributed by atoms with Gasteiger partial charge in [0, 0.05) is 48.9 Å². The maximum absolute atomic E-state index is 12.7. The largest absolute Gasteiger partial charge is 0.377 e. The van der Waals surface area contributed by atoms with Crippen molar-refractivity contribution in [2.75, 3.05) is 19.7 Å². The van der Waals surface area contributed by atoms with Gasteiger partial charge in [-0.2, -0.15) is 0 Å². The third-order valence-corrected chi connectivity index (χ3v) is 6.73. The zero-order valence-corrected chi connectivity index (χ0v) is 14.9. The number of nitrogens with zero attached hydrogens (tertiary/aromatic N) is 1. The van der Waals surface area contributed by atoms with Crippen molar-refractivity contribution in [3.63, 3.8) is 0 Å². The number of ether oxygens (including phenoxy) is 1. The fourth-order valence-electron chi connectivity index (χ4n) is 5.04. The van der Waals surface area contributed by atoms with Gasteiger partial charge in [-0.1, -0.05) is 13.8 Å². The average Bonchev–Trinajstić information content (AvgIpc) is 3.44. The quantitative estimate of drug-likeness (QED) is 0.858. The molecule has 2 aliphatic carbocycles. The minimum absolute atomic E-state index is 0.0311. The molecule has 2 aliphatic heterocycles. The van der Waals surface area contributed by atoms with E-state index in [2.05, 4.69) is 19.2 Å². The third-order valence-electron chi connectivity index (χ3n) is 6.73. The summed E-state index contributed by atoms with van der Waals surface area (Å²) in [4.78, 5) is 26.8. The topological polar surface area (TPSA) is 58.6 Å². The lowest BCUT2D eigenvalue weighted by Crippen LogP contribution is -2.70. The van der Waals surface area contributed by atoms with Crippen molar-refractivity contribution in [1.82, 2.24) is 10.2 Å². The van der Waals surface area contributed by atoms with Gasteiger partial charge in [-0.05, 0) is 38.5 Å². The second-order valence-electron chi connectivity index (χ2n) is 8.78. The Balaban J connectivity index is 1.30.